The number of hydrogen-bond donors (Lipinski definition) is 1. The number of carbonyl (C=O) groups is 1. The van der Waals surface area contributed by atoms with Crippen molar-refractivity contribution in [2.24, 2.45) is 5.92 Å². The number of aliphatic hydroxyl groups is 1. The lowest BCUT2D eigenvalue weighted by atomic mass is 10.0. The van der Waals surface area contributed by atoms with E-state index in [0.717, 1.165) is 38.6 Å². The largest absolute Gasteiger partial charge is 0.395 e. The van der Waals surface area contributed by atoms with Gasteiger partial charge in [0.25, 0.3) is 0 Å². The van der Waals surface area contributed by atoms with Crippen LogP contribution in [0.4, 0.5) is 0 Å². The lowest BCUT2D eigenvalue weighted by molar-refractivity contribution is -0.131. The normalized spacial score (nSPS) is 30.3. The Balaban J connectivity index is 1.66. The Kier molecular flexibility index (Phi) is 4.65. The third-order valence-corrected chi connectivity index (χ3v) is 5.28. The van der Waals surface area contributed by atoms with Gasteiger partial charge in [-0.2, -0.15) is 0 Å². The smallest absolute Gasteiger partial charge is 0.241 e. The van der Waals surface area contributed by atoms with Crippen LogP contribution in [0.15, 0.2) is 11.8 Å². The number of aliphatic hydroxyl groups excluding tert-OH is 1. The molecule has 1 amide bonds. The molecule has 2 aliphatic carbocycles. The van der Waals surface area contributed by atoms with Crippen molar-refractivity contribution in [1.82, 2.24) is 9.80 Å². The highest BCUT2D eigenvalue weighted by molar-refractivity contribution is 5.81. The lowest BCUT2D eigenvalue weighted by Gasteiger charge is -2.31. The van der Waals surface area contributed by atoms with Gasteiger partial charge in [-0.15, -0.1) is 0 Å². The van der Waals surface area contributed by atoms with Gasteiger partial charge in [-0.1, -0.05) is 13.0 Å². The number of likely N-dealkylation sites (tertiary alicyclic amines) is 1. The van der Waals surface area contributed by atoms with Crippen molar-refractivity contribution >= 4 is 5.91 Å². The number of allylic oxidation sites excluding steroid dienone is 2. The minimum atomic E-state index is 0.162. The van der Waals surface area contributed by atoms with Gasteiger partial charge >= 0.3 is 0 Å². The number of amides is 1. The summed E-state index contributed by atoms with van der Waals surface area (Å²) in [5.41, 5.74) is 1.27. The molecule has 2 fully saturated rings. The van der Waals surface area contributed by atoms with Crippen LogP contribution in [0.3, 0.4) is 0 Å². The van der Waals surface area contributed by atoms with Crippen molar-refractivity contribution in [3.8, 4) is 0 Å². The summed E-state index contributed by atoms with van der Waals surface area (Å²) in [5.74, 6) is 0.740. The minimum absolute atomic E-state index is 0.162. The summed E-state index contributed by atoms with van der Waals surface area (Å²) in [4.78, 5) is 17.1. The highest BCUT2D eigenvalue weighted by Crippen LogP contribution is 2.34. The molecule has 0 aromatic carbocycles. The van der Waals surface area contributed by atoms with E-state index < -0.39 is 0 Å². The standard InChI is InChI=1S/C17H28N2O2/c1-13-9-10-18(16(13)12-20)11-17(21)19(15-7-8-15)14-5-3-2-4-6-14/h5,13,15-16,20H,2-4,6-12H2,1H3. The highest BCUT2D eigenvalue weighted by atomic mass is 16.3. The van der Waals surface area contributed by atoms with Crippen LogP contribution < -0.4 is 0 Å². The predicted molar refractivity (Wildman–Crippen MR) is 82.6 cm³/mol. The van der Waals surface area contributed by atoms with Crippen LogP contribution in [-0.2, 0) is 4.79 Å². The zero-order valence-corrected chi connectivity index (χ0v) is 13.1. The zero-order chi connectivity index (χ0) is 14.8. The van der Waals surface area contributed by atoms with E-state index in [-0.39, 0.29) is 18.6 Å². The average molecular weight is 292 g/mol. The van der Waals surface area contributed by atoms with E-state index in [9.17, 15) is 9.90 Å². The van der Waals surface area contributed by atoms with Crippen LogP contribution in [0.5, 0.6) is 0 Å². The van der Waals surface area contributed by atoms with Crippen molar-refractivity contribution in [3.05, 3.63) is 11.8 Å². The highest BCUT2D eigenvalue weighted by Gasteiger charge is 2.38. The molecule has 1 aliphatic heterocycles. The van der Waals surface area contributed by atoms with Gasteiger partial charge in [0.05, 0.1) is 13.2 Å². The van der Waals surface area contributed by atoms with E-state index in [4.69, 9.17) is 0 Å². The molecule has 4 heteroatoms. The summed E-state index contributed by atoms with van der Waals surface area (Å²) in [6.07, 6.45) is 10.3. The summed E-state index contributed by atoms with van der Waals surface area (Å²) in [6.45, 7) is 3.76. The number of carbonyl (C=O) groups excluding carboxylic acids is 1. The van der Waals surface area contributed by atoms with E-state index in [0.29, 0.717) is 18.5 Å². The van der Waals surface area contributed by atoms with E-state index in [1.807, 2.05) is 0 Å². The first kappa shape index (κ1) is 15.0. The third kappa shape index (κ3) is 3.32. The monoisotopic (exact) mass is 292 g/mol. The fourth-order valence-corrected chi connectivity index (χ4v) is 3.80. The molecular formula is C17H28N2O2. The first-order valence-corrected chi connectivity index (χ1v) is 8.56. The molecule has 1 saturated heterocycles. The van der Waals surface area contributed by atoms with Crippen molar-refractivity contribution in [2.75, 3.05) is 19.7 Å². The molecule has 3 aliphatic rings. The van der Waals surface area contributed by atoms with Gasteiger partial charge in [-0.3, -0.25) is 9.69 Å². The molecule has 0 aromatic heterocycles. The molecule has 1 saturated carbocycles. The third-order valence-electron chi connectivity index (χ3n) is 5.28. The topological polar surface area (TPSA) is 43.8 Å². The maximum absolute atomic E-state index is 12.8. The second-order valence-electron chi connectivity index (χ2n) is 6.92. The Labute approximate surface area is 127 Å². The molecule has 0 bridgehead atoms. The van der Waals surface area contributed by atoms with Gasteiger partial charge < -0.3 is 10.0 Å². The fourth-order valence-electron chi connectivity index (χ4n) is 3.80. The molecule has 0 radical (unpaired) electrons. The Hall–Kier alpha value is -0.870. The van der Waals surface area contributed by atoms with Gasteiger partial charge in [0, 0.05) is 17.8 Å². The van der Waals surface area contributed by atoms with Gasteiger partial charge in [0.2, 0.25) is 5.91 Å². The molecule has 1 heterocycles. The Morgan fingerprint density at radius 2 is 2.19 bits per heavy atom. The van der Waals surface area contributed by atoms with Crippen LogP contribution in [0.1, 0.15) is 51.9 Å². The number of rotatable bonds is 5. The SMILES string of the molecule is CC1CCN(CC(=O)N(C2=CCCCC2)C2CC2)C1CO. The molecule has 0 spiro atoms. The second-order valence-corrected chi connectivity index (χ2v) is 6.92. The second kappa shape index (κ2) is 6.49. The predicted octanol–water partition coefficient (Wildman–Crippen LogP) is 2.14. The first-order chi connectivity index (χ1) is 10.2. The summed E-state index contributed by atoms with van der Waals surface area (Å²) in [6, 6.07) is 0.616. The maximum atomic E-state index is 12.8. The van der Waals surface area contributed by atoms with E-state index in [1.54, 1.807) is 0 Å². The Morgan fingerprint density at radius 3 is 2.81 bits per heavy atom. The number of nitrogens with zero attached hydrogens (tertiary/aromatic N) is 2. The zero-order valence-electron chi connectivity index (χ0n) is 13.1. The molecule has 3 rings (SSSR count). The van der Waals surface area contributed by atoms with E-state index >= 15 is 0 Å². The maximum Gasteiger partial charge on any atom is 0.241 e. The molecular weight excluding hydrogens is 264 g/mol. The number of hydrogen-bond acceptors (Lipinski definition) is 3. The van der Waals surface area contributed by atoms with Crippen LogP contribution in [-0.4, -0.2) is 52.6 Å². The molecule has 1 N–H and O–H groups in total. The molecule has 118 valence electrons. The van der Waals surface area contributed by atoms with Crippen LogP contribution in [0.25, 0.3) is 0 Å². The van der Waals surface area contributed by atoms with E-state index in [1.165, 1.54) is 18.5 Å². The Morgan fingerprint density at radius 1 is 1.38 bits per heavy atom. The lowest BCUT2D eigenvalue weighted by Crippen LogP contribution is -2.44. The average Bonchev–Trinajstić information content (AvgIpc) is 3.25. The van der Waals surface area contributed by atoms with Crippen LogP contribution in [0.2, 0.25) is 0 Å². The van der Waals surface area contributed by atoms with Gasteiger partial charge in [-0.05, 0) is 57.4 Å². The summed E-state index contributed by atoms with van der Waals surface area (Å²) in [7, 11) is 0. The van der Waals surface area contributed by atoms with Crippen molar-refractivity contribution in [2.45, 2.75) is 64.0 Å². The molecule has 2 unspecified atom stereocenters. The van der Waals surface area contributed by atoms with E-state index in [2.05, 4.69) is 22.8 Å². The van der Waals surface area contributed by atoms with Crippen molar-refractivity contribution in [3.63, 3.8) is 0 Å². The molecule has 4 nitrogen and oxygen atoms in total. The first-order valence-electron chi connectivity index (χ1n) is 8.56. The van der Waals surface area contributed by atoms with Gasteiger partial charge in [0.15, 0.2) is 0 Å². The van der Waals surface area contributed by atoms with Crippen molar-refractivity contribution < 1.29 is 9.90 Å². The van der Waals surface area contributed by atoms with Gasteiger partial charge in [0.1, 0.15) is 0 Å². The van der Waals surface area contributed by atoms with Gasteiger partial charge in [-0.25, -0.2) is 0 Å². The Bertz CT molecular complexity index is 417. The fraction of sp³-hybridized carbons (Fsp3) is 0.824. The summed E-state index contributed by atoms with van der Waals surface area (Å²) >= 11 is 0. The van der Waals surface area contributed by atoms with Crippen molar-refractivity contribution in [1.29, 1.82) is 0 Å². The summed E-state index contributed by atoms with van der Waals surface area (Å²) < 4.78 is 0. The quantitative estimate of drug-likeness (QED) is 0.844. The molecule has 0 aromatic rings. The van der Waals surface area contributed by atoms with Crippen LogP contribution >= 0.6 is 0 Å². The molecule has 2 atom stereocenters. The minimum Gasteiger partial charge on any atom is -0.395 e. The summed E-state index contributed by atoms with van der Waals surface area (Å²) in [5, 5.41) is 9.55. The van der Waals surface area contributed by atoms with Crippen LogP contribution in [0, 0.1) is 5.92 Å². The molecule has 21 heavy (non-hydrogen) atoms.